The highest BCUT2D eigenvalue weighted by Gasteiger charge is 2.13. The molecule has 0 heterocycles. The van der Waals surface area contributed by atoms with E-state index in [9.17, 15) is 4.39 Å². The van der Waals surface area contributed by atoms with Crippen LogP contribution in [0.5, 0.6) is 0 Å². The van der Waals surface area contributed by atoms with Gasteiger partial charge in [-0.05, 0) is 48.2 Å². The third-order valence-corrected chi connectivity index (χ3v) is 3.82. The first kappa shape index (κ1) is 14.2. The monoisotopic (exact) mass is 322 g/mol. The Balaban J connectivity index is 2.28. The molecular weight excluding hydrogens is 307 g/mol. The van der Waals surface area contributed by atoms with Crippen LogP contribution in [0.3, 0.4) is 0 Å². The van der Waals surface area contributed by atoms with Crippen molar-refractivity contribution in [2.24, 2.45) is 5.84 Å². The van der Waals surface area contributed by atoms with Crippen LogP contribution >= 0.6 is 15.9 Å². The van der Waals surface area contributed by atoms with Crippen molar-refractivity contribution in [2.45, 2.75) is 19.4 Å². The summed E-state index contributed by atoms with van der Waals surface area (Å²) in [5.41, 5.74) is 5.64. The molecule has 2 aromatic rings. The van der Waals surface area contributed by atoms with Crippen LogP contribution in [0.4, 0.5) is 4.39 Å². The summed E-state index contributed by atoms with van der Waals surface area (Å²) < 4.78 is 14.5. The number of benzene rings is 2. The van der Waals surface area contributed by atoms with Gasteiger partial charge in [-0.15, -0.1) is 0 Å². The molecule has 0 amide bonds. The van der Waals surface area contributed by atoms with Crippen LogP contribution in [0.1, 0.15) is 22.7 Å². The second-order valence-corrected chi connectivity index (χ2v) is 5.43. The molecule has 2 rings (SSSR count). The smallest absolute Gasteiger partial charge is 0.123 e. The fourth-order valence-corrected chi connectivity index (χ4v) is 2.57. The highest BCUT2D eigenvalue weighted by atomic mass is 79.9. The number of nitrogens with one attached hydrogen (secondary N) is 1. The second kappa shape index (κ2) is 6.28. The Morgan fingerprint density at radius 1 is 1.26 bits per heavy atom. The van der Waals surface area contributed by atoms with Crippen LogP contribution < -0.4 is 11.3 Å². The molecule has 1 atom stereocenters. The molecule has 0 fully saturated rings. The van der Waals surface area contributed by atoms with E-state index in [0.29, 0.717) is 6.42 Å². The van der Waals surface area contributed by atoms with Crippen LogP contribution in [0.15, 0.2) is 46.9 Å². The number of hydrogen-bond acceptors (Lipinski definition) is 2. The standard InChI is InChI=1S/C15H16BrFN2/c1-10-6-12(8-13(17)7-10)15(19-18)9-11-4-2-3-5-14(11)16/h2-8,15,19H,9,18H2,1H3. The Morgan fingerprint density at radius 3 is 2.63 bits per heavy atom. The van der Waals surface area contributed by atoms with Crippen LogP contribution in [0.25, 0.3) is 0 Å². The van der Waals surface area contributed by atoms with Gasteiger partial charge in [0.05, 0.1) is 6.04 Å². The summed E-state index contributed by atoms with van der Waals surface area (Å²) in [5, 5.41) is 0. The van der Waals surface area contributed by atoms with E-state index in [-0.39, 0.29) is 11.9 Å². The average molecular weight is 323 g/mol. The highest BCUT2D eigenvalue weighted by molar-refractivity contribution is 9.10. The topological polar surface area (TPSA) is 38.0 Å². The van der Waals surface area contributed by atoms with Gasteiger partial charge in [0.2, 0.25) is 0 Å². The maximum Gasteiger partial charge on any atom is 0.123 e. The molecule has 3 N–H and O–H groups in total. The fourth-order valence-electron chi connectivity index (χ4n) is 2.12. The largest absolute Gasteiger partial charge is 0.271 e. The van der Waals surface area contributed by atoms with Crippen molar-refractivity contribution in [3.05, 3.63) is 69.4 Å². The molecule has 0 bridgehead atoms. The van der Waals surface area contributed by atoms with Gasteiger partial charge in [-0.3, -0.25) is 11.3 Å². The fraction of sp³-hybridized carbons (Fsp3) is 0.200. The molecule has 0 radical (unpaired) electrons. The van der Waals surface area contributed by atoms with Crippen molar-refractivity contribution in [3.63, 3.8) is 0 Å². The van der Waals surface area contributed by atoms with Crippen molar-refractivity contribution in [3.8, 4) is 0 Å². The predicted octanol–water partition coefficient (Wildman–Crippen LogP) is 3.64. The molecule has 0 spiro atoms. The quantitative estimate of drug-likeness (QED) is 0.666. The molecule has 0 aliphatic rings. The number of rotatable bonds is 4. The first-order valence-electron chi connectivity index (χ1n) is 6.07. The van der Waals surface area contributed by atoms with Crippen molar-refractivity contribution in [1.29, 1.82) is 0 Å². The maximum atomic E-state index is 13.5. The lowest BCUT2D eigenvalue weighted by Gasteiger charge is -2.18. The van der Waals surface area contributed by atoms with Gasteiger partial charge in [-0.1, -0.05) is 40.2 Å². The van der Waals surface area contributed by atoms with Crippen molar-refractivity contribution < 1.29 is 4.39 Å². The summed E-state index contributed by atoms with van der Waals surface area (Å²) in [6, 6.07) is 12.8. The third kappa shape index (κ3) is 3.62. The number of hydrazine groups is 1. The maximum absolute atomic E-state index is 13.5. The molecule has 100 valence electrons. The summed E-state index contributed by atoms with van der Waals surface area (Å²) in [5.74, 6) is 5.38. The molecule has 2 aromatic carbocycles. The average Bonchev–Trinajstić information content (AvgIpc) is 2.36. The van der Waals surface area contributed by atoms with Crippen LogP contribution in [-0.2, 0) is 6.42 Å². The second-order valence-electron chi connectivity index (χ2n) is 4.58. The molecule has 0 aromatic heterocycles. The predicted molar refractivity (Wildman–Crippen MR) is 79.0 cm³/mol. The van der Waals surface area contributed by atoms with Crippen LogP contribution in [0, 0.1) is 12.7 Å². The lowest BCUT2D eigenvalue weighted by atomic mass is 9.98. The normalized spacial score (nSPS) is 12.4. The van der Waals surface area contributed by atoms with Gasteiger partial charge in [0.25, 0.3) is 0 Å². The molecular formula is C15H16BrFN2. The summed E-state index contributed by atoms with van der Waals surface area (Å²) >= 11 is 3.51. The zero-order chi connectivity index (χ0) is 13.8. The van der Waals surface area contributed by atoms with E-state index in [0.717, 1.165) is 21.2 Å². The molecule has 2 nitrogen and oxygen atoms in total. The Bertz CT molecular complexity index is 552. The Hall–Kier alpha value is -1.23. The van der Waals surface area contributed by atoms with E-state index in [1.54, 1.807) is 0 Å². The van der Waals surface area contributed by atoms with E-state index in [1.807, 2.05) is 37.3 Å². The van der Waals surface area contributed by atoms with E-state index < -0.39 is 0 Å². The van der Waals surface area contributed by atoms with Gasteiger partial charge in [-0.2, -0.15) is 0 Å². The number of aryl methyl sites for hydroxylation is 1. The van der Waals surface area contributed by atoms with Gasteiger partial charge in [-0.25, -0.2) is 4.39 Å². The van der Waals surface area contributed by atoms with Crippen molar-refractivity contribution in [1.82, 2.24) is 5.43 Å². The minimum atomic E-state index is -0.234. The summed E-state index contributed by atoms with van der Waals surface area (Å²) in [6.07, 6.45) is 0.695. The zero-order valence-electron chi connectivity index (χ0n) is 10.7. The SMILES string of the molecule is Cc1cc(F)cc(C(Cc2ccccc2Br)NN)c1. The van der Waals surface area contributed by atoms with E-state index in [4.69, 9.17) is 5.84 Å². The van der Waals surface area contributed by atoms with E-state index in [2.05, 4.69) is 21.4 Å². The molecule has 0 saturated carbocycles. The molecule has 19 heavy (non-hydrogen) atoms. The Kier molecular flexibility index (Phi) is 4.69. The van der Waals surface area contributed by atoms with Crippen LogP contribution in [-0.4, -0.2) is 0 Å². The summed E-state index contributed by atoms with van der Waals surface area (Å²) in [4.78, 5) is 0. The summed E-state index contributed by atoms with van der Waals surface area (Å²) in [7, 11) is 0. The molecule has 1 unspecified atom stereocenters. The zero-order valence-corrected chi connectivity index (χ0v) is 12.2. The van der Waals surface area contributed by atoms with Gasteiger partial charge < -0.3 is 0 Å². The molecule has 4 heteroatoms. The van der Waals surface area contributed by atoms with Gasteiger partial charge in [0.1, 0.15) is 5.82 Å². The van der Waals surface area contributed by atoms with E-state index >= 15 is 0 Å². The van der Waals surface area contributed by atoms with Gasteiger partial charge in [0, 0.05) is 4.47 Å². The first-order chi connectivity index (χ1) is 9.10. The molecule has 0 aliphatic heterocycles. The number of halogens is 2. The Labute approximate surface area is 120 Å². The Morgan fingerprint density at radius 2 is 2.00 bits per heavy atom. The van der Waals surface area contributed by atoms with Crippen LogP contribution in [0.2, 0.25) is 0 Å². The van der Waals surface area contributed by atoms with Gasteiger partial charge >= 0.3 is 0 Å². The lowest BCUT2D eigenvalue weighted by molar-refractivity contribution is 0.543. The van der Waals surface area contributed by atoms with Crippen molar-refractivity contribution in [2.75, 3.05) is 0 Å². The lowest BCUT2D eigenvalue weighted by Crippen LogP contribution is -2.29. The minimum Gasteiger partial charge on any atom is -0.271 e. The third-order valence-electron chi connectivity index (χ3n) is 3.05. The van der Waals surface area contributed by atoms with Gasteiger partial charge in [0.15, 0.2) is 0 Å². The number of hydrogen-bond donors (Lipinski definition) is 2. The molecule has 0 aliphatic carbocycles. The van der Waals surface area contributed by atoms with Crippen molar-refractivity contribution >= 4 is 15.9 Å². The first-order valence-corrected chi connectivity index (χ1v) is 6.86. The number of nitrogens with two attached hydrogens (primary N) is 1. The minimum absolute atomic E-state index is 0.118. The van der Waals surface area contributed by atoms with E-state index in [1.165, 1.54) is 12.1 Å². The highest BCUT2D eigenvalue weighted by Crippen LogP contribution is 2.24. The molecule has 0 saturated heterocycles. The summed E-state index contributed by atoms with van der Waals surface area (Å²) in [6.45, 7) is 1.87.